The van der Waals surface area contributed by atoms with Crippen LogP contribution < -0.4 is 0 Å². The summed E-state index contributed by atoms with van der Waals surface area (Å²) in [4.78, 5) is 0. The van der Waals surface area contributed by atoms with Crippen LogP contribution in [0.3, 0.4) is 0 Å². The van der Waals surface area contributed by atoms with Crippen LogP contribution in [0.2, 0.25) is 0 Å². The molecule has 0 radical (unpaired) electrons. The van der Waals surface area contributed by atoms with E-state index in [2.05, 4.69) is 34.6 Å². The lowest BCUT2D eigenvalue weighted by molar-refractivity contribution is 0.0309. The quantitative estimate of drug-likeness (QED) is 0.746. The molecule has 5 unspecified atom stereocenters. The Morgan fingerprint density at radius 1 is 1.25 bits per heavy atom. The van der Waals surface area contributed by atoms with Crippen molar-refractivity contribution >= 4 is 7.92 Å². The van der Waals surface area contributed by atoms with Gasteiger partial charge in [-0.15, -0.1) is 0 Å². The topological polar surface area (TPSA) is 20.2 Å². The molecule has 0 aromatic heterocycles. The Morgan fingerprint density at radius 2 is 1.88 bits per heavy atom. The maximum absolute atomic E-state index is 10.0. The normalized spacial score (nSPS) is 55.9. The van der Waals surface area contributed by atoms with Gasteiger partial charge in [0.05, 0.1) is 6.61 Å². The van der Waals surface area contributed by atoms with E-state index in [1.807, 2.05) is 0 Å². The summed E-state index contributed by atoms with van der Waals surface area (Å²) in [5.41, 5.74) is 0.246. The van der Waals surface area contributed by atoms with Crippen molar-refractivity contribution in [1.82, 2.24) is 0 Å². The highest BCUT2D eigenvalue weighted by molar-refractivity contribution is 7.63. The average Bonchev–Trinajstić information content (AvgIpc) is 2.48. The number of aliphatic hydroxyl groups excluding tert-OH is 1. The van der Waals surface area contributed by atoms with Crippen molar-refractivity contribution in [3.8, 4) is 0 Å². The summed E-state index contributed by atoms with van der Waals surface area (Å²) < 4.78 is 0. The summed E-state index contributed by atoms with van der Waals surface area (Å²) in [5.74, 6) is 0.807. The monoisotopic (exact) mass is 242 g/mol. The molecule has 2 fully saturated rings. The molecule has 1 aliphatic carbocycles. The summed E-state index contributed by atoms with van der Waals surface area (Å²) in [6.45, 7) is 12.4. The molecule has 1 saturated carbocycles. The highest BCUT2D eigenvalue weighted by Gasteiger charge is 2.75. The third-order valence-corrected chi connectivity index (χ3v) is 10.3. The summed E-state index contributed by atoms with van der Waals surface area (Å²) in [5, 5.41) is 10.9. The molecule has 1 N–H and O–H groups in total. The van der Waals surface area contributed by atoms with Crippen LogP contribution >= 0.6 is 7.92 Å². The van der Waals surface area contributed by atoms with E-state index in [1.54, 1.807) is 0 Å². The van der Waals surface area contributed by atoms with Gasteiger partial charge in [-0.2, -0.15) is 0 Å². The maximum atomic E-state index is 10.0. The van der Waals surface area contributed by atoms with E-state index in [4.69, 9.17) is 0 Å². The first kappa shape index (κ1) is 12.8. The molecule has 5 atom stereocenters. The van der Waals surface area contributed by atoms with E-state index >= 15 is 0 Å². The standard InChI is InChI=1S/C14H27OP/c1-6-12(4)14(10-15)9-11(3)8-13(14,5)16(12)7-2/h11,15H,6-10H2,1-5H3. The molecule has 94 valence electrons. The second kappa shape index (κ2) is 3.69. The van der Waals surface area contributed by atoms with Gasteiger partial charge in [-0.1, -0.05) is 42.5 Å². The van der Waals surface area contributed by atoms with Crippen LogP contribution in [0.5, 0.6) is 0 Å². The Morgan fingerprint density at radius 3 is 2.31 bits per heavy atom. The van der Waals surface area contributed by atoms with Gasteiger partial charge in [0.15, 0.2) is 0 Å². The van der Waals surface area contributed by atoms with Gasteiger partial charge in [0.1, 0.15) is 0 Å². The average molecular weight is 242 g/mol. The zero-order chi connectivity index (χ0) is 12.2. The molecule has 16 heavy (non-hydrogen) atoms. The van der Waals surface area contributed by atoms with Crippen molar-refractivity contribution in [2.24, 2.45) is 11.3 Å². The molecular formula is C14H27OP. The largest absolute Gasteiger partial charge is 0.396 e. The van der Waals surface area contributed by atoms with Crippen LogP contribution in [0.1, 0.15) is 53.9 Å². The van der Waals surface area contributed by atoms with Crippen molar-refractivity contribution in [1.29, 1.82) is 0 Å². The molecular weight excluding hydrogens is 215 g/mol. The smallest absolute Gasteiger partial charge is 0.0504 e. The third kappa shape index (κ3) is 1.10. The Bertz CT molecular complexity index is 280. The number of rotatable bonds is 3. The van der Waals surface area contributed by atoms with E-state index in [-0.39, 0.29) is 13.3 Å². The molecule has 1 aliphatic heterocycles. The third-order valence-electron chi connectivity index (χ3n) is 5.97. The first-order chi connectivity index (χ1) is 7.41. The summed E-state index contributed by atoms with van der Waals surface area (Å²) >= 11 is 0. The van der Waals surface area contributed by atoms with Crippen molar-refractivity contribution in [2.75, 3.05) is 12.8 Å². The second-order valence-corrected chi connectivity index (χ2v) is 9.86. The van der Waals surface area contributed by atoms with Gasteiger partial charge < -0.3 is 5.11 Å². The predicted molar refractivity (Wildman–Crippen MR) is 72.5 cm³/mol. The fraction of sp³-hybridized carbons (Fsp3) is 1.00. The molecule has 1 heterocycles. The SMILES string of the molecule is CCP1C(C)(CC)C2(CO)CC(C)CC12C. The van der Waals surface area contributed by atoms with Crippen LogP contribution in [0.4, 0.5) is 0 Å². The summed E-state index contributed by atoms with van der Waals surface area (Å²) in [6, 6.07) is 0. The predicted octanol–water partition coefficient (Wildman–Crippen LogP) is 3.84. The summed E-state index contributed by atoms with van der Waals surface area (Å²) in [6.07, 6.45) is 5.19. The highest BCUT2D eigenvalue weighted by Crippen LogP contribution is 2.87. The molecule has 1 saturated heterocycles. The molecule has 1 nitrogen and oxygen atoms in total. The van der Waals surface area contributed by atoms with Crippen LogP contribution in [0, 0.1) is 11.3 Å². The molecule has 0 aromatic carbocycles. The van der Waals surface area contributed by atoms with Gasteiger partial charge in [0.2, 0.25) is 0 Å². The molecule has 0 amide bonds. The first-order valence-corrected chi connectivity index (χ1v) is 8.33. The zero-order valence-corrected chi connectivity index (χ0v) is 12.4. The Balaban J connectivity index is 2.43. The van der Waals surface area contributed by atoms with Crippen molar-refractivity contribution < 1.29 is 5.11 Å². The molecule has 2 rings (SSSR count). The van der Waals surface area contributed by atoms with E-state index in [1.165, 1.54) is 25.4 Å². The van der Waals surface area contributed by atoms with Gasteiger partial charge in [0.25, 0.3) is 0 Å². The lowest BCUT2D eigenvalue weighted by Crippen LogP contribution is -2.68. The van der Waals surface area contributed by atoms with Crippen LogP contribution in [-0.2, 0) is 0 Å². The molecule has 0 bridgehead atoms. The lowest BCUT2D eigenvalue weighted by Gasteiger charge is -2.72. The molecule has 2 heteroatoms. The number of aliphatic hydroxyl groups is 1. The number of fused-ring (bicyclic) bond motifs is 1. The fourth-order valence-electron chi connectivity index (χ4n) is 5.31. The number of hydrogen-bond acceptors (Lipinski definition) is 1. The Hall–Kier alpha value is 0.390. The fourth-order valence-corrected chi connectivity index (χ4v) is 10.4. The van der Waals surface area contributed by atoms with Crippen molar-refractivity contribution in [2.45, 2.75) is 64.2 Å². The maximum Gasteiger partial charge on any atom is 0.0504 e. The highest BCUT2D eigenvalue weighted by atomic mass is 31.1. The molecule has 0 spiro atoms. The van der Waals surface area contributed by atoms with Gasteiger partial charge in [-0.3, -0.25) is 0 Å². The zero-order valence-electron chi connectivity index (χ0n) is 11.5. The Labute approximate surface area is 102 Å². The minimum Gasteiger partial charge on any atom is -0.396 e. The molecule has 2 aliphatic rings. The van der Waals surface area contributed by atoms with Crippen molar-refractivity contribution in [3.63, 3.8) is 0 Å². The van der Waals surface area contributed by atoms with Gasteiger partial charge in [-0.25, -0.2) is 0 Å². The van der Waals surface area contributed by atoms with E-state index in [0.29, 0.717) is 16.9 Å². The van der Waals surface area contributed by atoms with Crippen LogP contribution in [0.25, 0.3) is 0 Å². The first-order valence-electron chi connectivity index (χ1n) is 6.80. The van der Waals surface area contributed by atoms with Crippen LogP contribution in [-0.4, -0.2) is 28.2 Å². The second-order valence-electron chi connectivity index (χ2n) is 6.40. The Kier molecular flexibility index (Phi) is 2.96. The minimum absolute atomic E-state index is 0.0954. The number of hydrogen-bond donors (Lipinski definition) is 1. The lowest BCUT2D eigenvalue weighted by atomic mass is 9.65. The van der Waals surface area contributed by atoms with E-state index < -0.39 is 0 Å². The molecule has 0 aromatic rings. The van der Waals surface area contributed by atoms with E-state index in [9.17, 15) is 5.11 Å². The minimum atomic E-state index is 0.0954. The van der Waals surface area contributed by atoms with E-state index in [0.717, 1.165) is 5.92 Å². The summed E-state index contributed by atoms with van der Waals surface area (Å²) in [7, 11) is 0.0954. The van der Waals surface area contributed by atoms with Gasteiger partial charge in [-0.05, 0) is 41.7 Å². The van der Waals surface area contributed by atoms with Gasteiger partial charge >= 0.3 is 0 Å². The van der Waals surface area contributed by atoms with Crippen LogP contribution in [0.15, 0.2) is 0 Å². The van der Waals surface area contributed by atoms with Crippen molar-refractivity contribution in [3.05, 3.63) is 0 Å². The van der Waals surface area contributed by atoms with Gasteiger partial charge in [0, 0.05) is 5.41 Å².